The summed E-state index contributed by atoms with van der Waals surface area (Å²) in [6.07, 6.45) is 3.89. The van der Waals surface area contributed by atoms with Crippen LogP contribution in [0.1, 0.15) is 47.2 Å². The minimum Gasteiger partial charge on any atom is -0.471 e. The number of halogens is 3. The van der Waals surface area contributed by atoms with E-state index >= 15 is 0 Å². The summed E-state index contributed by atoms with van der Waals surface area (Å²) in [5.41, 5.74) is 4.28. The van der Waals surface area contributed by atoms with E-state index in [1.54, 1.807) is 0 Å². The molecule has 33 heavy (non-hydrogen) atoms. The number of urea groups is 1. The summed E-state index contributed by atoms with van der Waals surface area (Å²) in [5, 5.41) is 5.18. The highest BCUT2D eigenvalue weighted by Crippen LogP contribution is 2.31. The minimum absolute atomic E-state index is 0.0250. The maximum Gasteiger partial charge on any atom is 0.319 e. The Morgan fingerprint density at radius 2 is 1.85 bits per heavy atom. The van der Waals surface area contributed by atoms with Crippen molar-refractivity contribution < 1.29 is 27.5 Å². The first-order chi connectivity index (χ1) is 15.6. The Labute approximate surface area is 194 Å². The molecule has 0 saturated carbocycles. The summed E-state index contributed by atoms with van der Waals surface area (Å²) in [7, 11) is 4.03. The number of nitrogens with one attached hydrogen (secondary N) is 2. The lowest BCUT2D eigenvalue weighted by Crippen LogP contribution is -2.30. The van der Waals surface area contributed by atoms with Gasteiger partial charge in [0.1, 0.15) is 23.0 Å². The van der Waals surface area contributed by atoms with Crippen LogP contribution in [0.15, 0.2) is 6.07 Å². The summed E-state index contributed by atoms with van der Waals surface area (Å²) >= 11 is 0.721. The van der Waals surface area contributed by atoms with Crippen LogP contribution in [0.5, 0.6) is 5.88 Å². The number of carbonyl (C=O) groups is 2. The monoisotopic (exact) mass is 487 g/mol. The topological polar surface area (TPSA) is 110 Å². The van der Waals surface area contributed by atoms with Crippen molar-refractivity contribution >= 4 is 28.5 Å². The fourth-order valence-electron chi connectivity index (χ4n) is 2.96. The molecule has 3 amide bonds. The van der Waals surface area contributed by atoms with Gasteiger partial charge in [-0.1, -0.05) is 12.8 Å². The largest absolute Gasteiger partial charge is 0.471 e. The normalized spacial score (nSPS) is 11.0. The van der Waals surface area contributed by atoms with E-state index in [1.165, 1.54) is 6.92 Å². The first kappa shape index (κ1) is 26.4. The van der Waals surface area contributed by atoms with Gasteiger partial charge >= 0.3 is 6.03 Å². The molecule has 0 aliphatic rings. The first-order valence-electron chi connectivity index (χ1n) is 10.4. The molecule has 2 aromatic rings. The number of benzene rings is 1. The second-order valence-electron chi connectivity index (χ2n) is 7.72. The number of anilines is 1. The Morgan fingerprint density at radius 3 is 2.52 bits per heavy atom. The van der Waals surface area contributed by atoms with E-state index in [4.69, 9.17) is 10.5 Å². The predicted octanol–water partition coefficient (Wildman–Crippen LogP) is 3.79. The Kier molecular flexibility index (Phi) is 9.92. The molecule has 8 nitrogen and oxygen atoms in total. The number of carbonyl (C=O) groups excluding carboxylic acids is 2. The quantitative estimate of drug-likeness (QED) is 0.312. The van der Waals surface area contributed by atoms with Crippen molar-refractivity contribution in [2.75, 3.05) is 32.5 Å². The van der Waals surface area contributed by atoms with E-state index in [0.717, 1.165) is 49.8 Å². The lowest BCUT2D eigenvalue weighted by atomic mass is 10.1. The number of nitrogens with zero attached hydrogens (tertiary/aromatic N) is 2. The van der Waals surface area contributed by atoms with E-state index in [2.05, 4.69) is 19.9 Å². The zero-order valence-electron chi connectivity index (χ0n) is 18.8. The Bertz CT molecular complexity index is 985. The molecule has 182 valence electrons. The van der Waals surface area contributed by atoms with E-state index in [9.17, 15) is 22.8 Å². The lowest BCUT2D eigenvalue weighted by molar-refractivity contribution is 0.0996. The maximum atomic E-state index is 14.0. The number of aromatic nitrogens is 1. The van der Waals surface area contributed by atoms with E-state index in [-0.39, 0.29) is 22.0 Å². The third-order valence-corrected chi connectivity index (χ3v) is 5.49. The molecular weight excluding hydrogens is 459 g/mol. The van der Waals surface area contributed by atoms with Crippen LogP contribution >= 0.6 is 11.5 Å². The molecule has 12 heteroatoms. The fourth-order valence-corrected chi connectivity index (χ4v) is 3.69. The number of rotatable bonds is 12. The van der Waals surface area contributed by atoms with Crippen molar-refractivity contribution in [2.24, 2.45) is 5.73 Å². The second kappa shape index (κ2) is 12.4. The Hall–Kier alpha value is -2.86. The summed E-state index contributed by atoms with van der Waals surface area (Å²) in [6.45, 7) is 1.96. The van der Waals surface area contributed by atoms with E-state index < -0.39 is 41.6 Å². The Balaban J connectivity index is 1.93. The number of primary amides is 1. The molecular formula is C21H28F3N5O3S. The van der Waals surface area contributed by atoms with Gasteiger partial charge in [-0.25, -0.2) is 18.0 Å². The highest BCUT2D eigenvalue weighted by atomic mass is 32.1. The predicted molar refractivity (Wildman–Crippen MR) is 120 cm³/mol. The summed E-state index contributed by atoms with van der Waals surface area (Å²) in [4.78, 5) is 26.1. The van der Waals surface area contributed by atoms with Gasteiger partial charge in [0.15, 0.2) is 11.6 Å². The first-order valence-corrected chi connectivity index (χ1v) is 11.1. The smallest absolute Gasteiger partial charge is 0.319 e. The van der Waals surface area contributed by atoms with Gasteiger partial charge in [-0.15, -0.1) is 0 Å². The Morgan fingerprint density at radius 1 is 1.15 bits per heavy atom. The van der Waals surface area contributed by atoms with Crippen molar-refractivity contribution in [3.05, 3.63) is 40.2 Å². The molecule has 4 N–H and O–H groups in total. The van der Waals surface area contributed by atoms with Gasteiger partial charge < -0.3 is 20.7 Å². The lowest BCUT2D eigenvalue weighted by Gasteiger charge is -2.10. The minimum atomic E-state index is -1.39. The summed E-state index contributed by atoms with van der Waals surface area (Å²) in [5.74, 6) is -4.85. The van der Waals surface area contributed by atoms with Gasteiger partial charge in [0.2, 0.25) is 5.88 Å². The molecule has 0 atom stereocenters. The van der Waals surface area contributed by atoms with E-state index in [1.807, 2.05) is 14.1 Å². The zero-order valence-corrected chi connectivity index (χ0v) is 19.6. The van der Waals surface area contributed by atoms with Crippen LogP contribution < -0.4 is 21.1 Å². The molecule has 1 aromatic carbocycles. The van der Waals surface area contributed by atoms with Crippen LogP contribution in [0, 0.1) is 24.4 Å². The zero-order chi connectivity index (χ0) is 24.5. The average Bonchev–Trinajstić information content (AvgIpc) is 3.13. The summed E-state index contributed by atoms with van der Waals surface area (Å²) in [6, 6.07) is 0.283. The number of nitrogens with two attached hydrogens (primary N) is 1. The SMILES string of the molecule is Cc1cc(F)c(COc2nsc(NC(=O)NCCCCCCN(C)C)c2C(N)=O)c(F)c1F. The summed E-state index contributed by atoms with van der Waals surface area (Å²) < 4.78 is 50.9. The third kappa shape index (κ3) is 7.60. The standard InChI is InChI=1S/C21H28F3N5O3S/c1-12-10-14(22)13(17(24)16(12)23)11-32-19-15(18(25)30)20(33-28-19)27-21(31)26-8-6-4-5-7-9-29(2)3/h10H,4-9,11H2,1-3H3,(H2,25,30)(H2,26,27,31). The van der Waals surface area contributed by atoms with Gasteiger partial charge in [-0.05, 0) is 63.6 Å². The van der Waals surface area contributed by atoms with Crippen molar-refractivity contribution in [3.63, 3.8) is 0 Å². The number of hydrogen-bond acceptors (Lipinski definition) is 6. The number of amides is 3. The van der Waals surface area contributed by atoms with Crippen molar-refractivity contribution in [1.29, 1.82) is 0 Å². The van der Waals surface area contributed by atoms with Crippen LogP contribution in [0.3, 0.4) is 0 Å². The van der Waals surface area contributed by atoms with Crippen LogP contribution in [0.2, 0.25) is 0 Å². The maximum absolute atomic E-state index is 14.0. The highest BCUT2D eigenvalue weighted by molar-refractivity contribution is 7.11. The van der Waals surface area contributed by atoms with Crippen LogP contribution in [-0.4, -0.2) is 48.4 Å². The van der Waals surface area contributed by atoms with Gasteiger partial charge in [0.25, 0.3) is 5.91 Å². The second-order valence-corrected chi connectivity index (χ2v) is 8.50. The van der Waals surface area contributed by atoms with Gasteiger partial charge in [0.05, 0.1) is 5.56 Å². The van der Waals surface area contributed by atoms with E-state index in [0.29, 0.717) is 6.54 Å². The number of aryl methyl sites for hydroxylation is 1. The van der Waals surface area contributed by atoms with Crippen LogP contribution in [0.25, 0.3) is 0 Å². The third-order valence-electron chi connectivity index (χ3n) is 4.74. The molecule has 0 spiro atoms. The molecule has 0 saturated heterocycles. The number of hydrogen-bond donors (Lipinski definition) is 3. The molecule has 1 heterocycles. The van der Waals surface area contributed by atoms with Crippen LogP contribution in [-0.2, 0) is 6.61 Å². The van der Waals surface area contributed by atoms with Gasteiger partial charge in [-0.3, -0.25) is 10.1 Å². The molecule has 2 rings (SSSR count). The molecule has 0 aliphatic heterocycles. The highest BCUT2D eigenvalue weighted by Gasteiger charge is 2.24. The number of unbranched alkanes of at least 4 members (excludes halogenated alkanes) is 3. The van der Waals surface area contributed by atoms with Crippen molar-refractivity contribution in [1.82, 2.24) is 14.6 Å². The average molecular weight is 488 g/mol. The van der Waals surface area contributed by atoms with Gasteiger partial charge in [0, 0.05) is 6.54 Å². The van der Waals surface area contributed by atoms with Crippen LogP contribution in [0.4, 0.5) is 23.0 Å². The van der Waals surface area contributed by atoms with Gasteiger partial charge in [-0.2, -0.15) is 4.37 Å². The molecule has 1 aromatic heterocycles. The number of ether oxygens (including phenoxy) is 1. The molecule has 0 bridgehead atoms. The molecule has 0 fully saturated rings. The molecule has 0 radical (unpaired) electrons. The molecule has 0 unspecified atom stereocenters. The van der Waals surface area contributed by atoms with Crippen molar-refractivity contribution in [2.45, 2.75) is 39.2 Å². The molecule has 0 aliphatic carbocycles. The van der Waals surface area contributed by atoms with Crippen molar-refractivity contribution in [3.8, 4) is 5.88 Å². The fraction of sp³-hybridized carbons (Fsp3) is 0.476.